The first kappa shape index (κ1) is 13.1. The van der Waals surface area contributed by atoms with Crippen LogP contribution < -0.4 is 0 Å². The van der Waals surface area contributed by atoms with Crippen LogP contribution in [0.2, 0.25) is 0 Å². The van der Waals surface area contributed by atoms with Crippen molar-refractivity contribution in [2.75, 3.05) is 0 Å². The summed E-state index contributed by atoms with van der Waals surface area (Å²) in [7, 11) is 0. The molecule has 0 saturated carbocycles. The lowest BCUT2D eigenvalue weighted by atomic mass is 10.1. The summed E-state index contributed by atoms with van der Waals surface area (Å²) in [6.45, 7) is 0. The first-order valence-electron chi connectivity index (χ1n) is 6.77. The molecular formula is C18H14N2O. The molecule has 0 unspecified atom stereocenters. The first-order chi connectivity index (χ1) is 10.4. The van der Waals surface area contributed by atoms with Crippen LogP contribution in [-0.2, 0) is 12.8 Å². The predicted molar refractivity (Wildman–Crippen MR) is 81.4 cm³/mol. The van der Waals surface area contributed by atoms with Gasteiger partial charge in [0.1, 0.15) is 11.5 Å². The van der Waals surface area contributed by atoms with E-state index in [9.17, 15) is 0 Å². The summed E-state index contributed by atoms with van der Waals surface area (Å²) < 4.78 is 5.31. The molecule has 0 saturated heterocycles. The van der Waals surface area contributed by atoms with Gasteiger partial charge in [-0.05, 0) is 17.7 Å². The van der Waals surface area contributed by atoms with Gasteiger partial charge >= 0.3 is 0 Å². The lowest BCUT2D eigenvalue weighted by Gasteiger charge is -1.91. The van der Waals surface area contributed by atoms with Crippen molar-refractivity contribution in [3.05, 3.63) is 72.2 Å². The van der Waals surface area contributed by atoms with Gasteiger partial charge in [-0.15, -0.1) is 0 Å². The van der Waals surface area contributed by atoms with Crippen LogP contribution in [0.15, 0.2) is 65.4 Å². The molecule has 0 atom stereocenters. The van der Waals surface area contributed by atoms with E-state index in [1.54, 1.807) is 12.4 Å². The molecule has 3 nitrogen and oxygen atoms in total. The van der Waals surface area contributed by atoms with Crippen LogP contribution >= 0.6 is 0 Å². The van der Waals surface area contributed by atoms with E-state index in [0.29, 0.717) is 6.42 Å². The van der Waals surface area contributed by atoms with Gasteiger partial charge in [-0.2, -0.15) is 0 Å². The van der Waals surface area contributed by atoms with E-state index in [1.807, 2.05) is 48.5 Å². The van der Waals surface area contributed by atoms with Gasteiger partial charge in [-0.1, -0.05) is 47.3 Å². The molecule has 0 fully saturated rings. The third kappa shape index (κ3) is 3.58. The molecule has 0 amide bonds. The maximum atomic E-state index is 5.31. The van der Waals surface area contributed by atoms with Gasteiger partial charge in [0.15, 0.2) is 0 Å². The number of hydrogen-bond acceptors (Lipinski definition) is 3. The number of aromatic nitrogens is 2. The van der Waals surface area contributed by atoms with E-state index in [-0.39, 0.29) is 0 Å². The van der Waals surface area contributed by atoms with Crippen molar-refractivity contribution in [3.8, 4) is 23.1 Å². The maximum Gasteiger partial charge on any atom is 0.149 e. The van der Waals surface area contributed by atoms with Crippen molar-refractivity contribution < 1.29 is 4.52 Å². The number of rotatable bonds is 3. The second kappa shape index (κ2) is 6.53. The molecule has 0 bridgehead atoms. The average Bonchev–Trinajstić information content (AvgIpc) is 3.02. The molecule has 3 aromatic rings. The molecule has 1 aromatic carbocycles. The third-order valence-electron chi connectivity index (χ3n) is 3.06. The Balaban J connectivity index is 1.61. The van der Waals surface area contributed by atoms with E-state index in [2.05, 4.69) is 22.0 Å². The molecule has 2 heterocycles. The van der Waals surface area contributed by atoms with E-state index < -0.39 is 0 Å². The number of benzene rings is 1. The Morgan fingerprint density at radius 3 is 2.48 bits per heavy atom. The topological polar surface area (TPSA) is 38.9 Å². The molecule has 2 aromatic heterocycles. The monoisotopic (exact) mass is 274 g/mol. The molecule has 0 radical (unpaired) electrons. The van der Waals surface area contributed by atoms with Crippen molar-refractivity contribution in [1.29, 1.82) is 0 Å². The summed E-state index contributed by atoms with van der Waals surface area (Å²) in [4.78, 5) is 3.98. The van der Waals surface area contributed by atoms with Crippen LogP contribution in [0.3, 0.4) is 0 Å². The Hall–Kier alpha value is -2.86. The van der Waals surface area contributed by atoms with Gasteiger partial charge in [0, 0.05) is 30.4 Å². The quantitative estimate of drug-likeness (QED) is 0.686. The smallest absolute Gasteiger partial charge is 0.149 e. The SMILES string of the molecule is C(#CCc1cc(-c2ccccc2)no1)Cc1ccncc1. The zero-order chi connectivity index (χ0) is 14.3. The van der Waals surface area contributed by atoms with Crippen LogP contribution in [0, 0.1) is 11.8 Å². The summed E-state index contributed by atoms with van der Waals surface area (Å²) in [6, 6.07) is 15.8. The summed E-state index contributed by atoms with van der Waals surface area (Å²) >= 11 is 0. The van der Waals surface area contributed by atoms with Crippen molar-refractivity contribution in [2.24, 2.45) is 0 Å². The molecule has 0 aliphatic carbocycles. The molecule has 3 heteroatoms. The fraction of sp³-hybridized carbons (Fsp3) is 0.111. The molecular weight excluding hydrogens is 260 g/mol. The lowest BCUT2D eigenvalue weighted by Crippen LogP contribution is -1.82. The Bertz CT molecular complexity index is 752. The molecule has 21 heavy (non-hydrogen) atoms. The van der Waals surface area contributed by atoms with Crippen LogP contribution in [0.1, 0.15) is 11.3 Å². The highest BCUT2D eigenvalue weighted by Crippen LogP contribution is 2.18. The first-order valence-corrected chi connectivity index (χ1v) is 6.77. The summed E-state index contributed by atoms with van der Waals surface area (Å²) in [5, 5.41) is 4.07. The summed E-state index contributed by atoms with van der Waals surface area (Å²) in [6.07, 6.45) is 4.85. The van der Waals surface area contributed by atoms with Gasteiger partial charge in [0.2, 0.25) is 0 Å². The fourth-order valence-electron chi connectivity index (χ4n) is 1.96. The minimum absolute atomic E-state index is 0.574. The van der Waals surface area contributed by atoms with Gasteiger partial charge in [0.05, 0.1) is 6.42 Å². The molecule has 0 aliphatic rings. The Kier molecular flexibility index (Phi) is 4.09. The van der Waals surface area contributed by atoms with Crippen molar-refractivity contribution >= 4 is 0 Å². The van der Waals surface area contributed by atoms with Crippen LogP contribution in [0.5, 0.6) is 0 Å². The molecule has 102 valence electrons. The van der Waals surface area contributed by atoms with E-state index in [4.69, 9.17) is 4.52 Å². The highest BCUT2D eigenvalue weighted by Gasteiger charge is 2.04. The van der Waals surface area contributed by atoms with Crippen LogP contribution in [-0.4, -0.2) is 10.1 Å². The zero-order valence-corrected chi connectivity index (χ0v) is 11.5. The Labute approximate surface area is 123 Å². The van der Waals surface area contributed by atoms with Crippen LogP contribution in [0.4, 0.5) is 0 Å². The summed E-state index contributed by atoms with van der Waals surface area (Å²) in [5.74, 6) is 7.03. The van der Waals surface area contributed by atoms with Crippen molar-refractivity contribution in [2.45, 2.75) is 12.8 Å². The number of nitrogens with zero attached hydrogens (tertiary/aromatic N) is 2. The Morgan fingerprint density at radius 2 is 1.67 bits per heavy atom. The molecule has 0 spiro atoms. The predicted octanol–water partition coefficient (Wildman–Crippen LogP) is 3.53. The van der Waals surface area contributed by atoms with Crippen molar-refractivity contribution in [3.63, 3.8) is 0 Å². The average molecular weight is 274 g/mol. The second-order valence-electron chi connectivity index (χ2n) is 4.61. The second-order valence-corrected chi connectivity index (χ2v) is 4.61. The molecule has 0 N–H and O–H groups in total. The van der Waals surface area contributed by atoms with E-state index in [0.717, 1.165) is 23.4 Å². The van der Waals surface area contributed by atoms with Gasteiger partial charge < -0.3 is 4.52 Å². The normalized spacial score (nSPS) is 9.90. The maximum absolute atomic E-state index is 5.31. The molecule has 0 aliphatic heterocycles. The number of pyridine rings is 1. The van der Waals surface area contributed by atoms with E-state index in [1.165, 1.54) is 5.56 Å². The van der Waals surface area contributed by atoms with Gasteiger partial charge in [-0.3, -0.25) is 4.98 Å². The third-order valence-corrected chi connectivity index (χ3v) is 3.06. The minimum atomic E-state index is 0.574. The standard InChI is InChI=1S/C18H14N2O/c1-2-7-16(8-3-1)18-14-17(21-20-18)9-5-4-6-15-10-12-19-13-11-15/h1-3,7-8,10-14H,6,9H2. The number of hydrogen-bond donors (Lipinski definition) is 0. The highest BCUT2D eigenvalue weighted by atomic mass is 16.5. The minimum Gasteiger partial charge on any atom is -0.360 e. The highest BCUT2D eigenvalue weighted by molar-refractivity contribution is 5.58. The largest absolute Gasteiger partial charge is 0.360 e. The summed E-state index contributed by atoms with van der Waals surface area (Å²) in [5.41, 5.74) is 3.07. The Morgan fingerprint density at radius 1 is 0.905 bits per heavy atom. The van der Waals surface area contributed by atoms with Crippen molar-refractivity contribution in [1.82, 2.24) is 10.1 Å². The fourth-order valence-corrected chi connectivity index (χ4v) is 1.96. The van der Waals surface area contributed by atoms with Gasteiger partial charge in [0.25, 0.3) is 0 Å². The lowest BCUT2D eigenvalue weighted by molar-refractivity contribution is 0.394. The van der Waals surface area contributed by atoms with Gasteiger partial charge in [-0.25, -0.2) is 0 Å². The molecule has 3 rings (SSSR count). The van der Waals surface area contributed by atoms with E-state index >= 15 is 0 Å². The van der Waals surface area contributed by atoms with Crippen LogP contribution in [0.25, 0.3) is 11.3 Å². The zero-order valence-electron chi connectivity index (χ0n) is 11.5.